The van der Waals surface area contributed by atoms with Gasteiger partial charge in [-0.15, -0.1) is 0 Å². The fraction of sp³-hybridized carbons (Fsp3) is 0.429. The van der Waals surface area contributed by atoms with Crippen LogP contribution in [0.3, 0.4) is 0 Å². The molecule has 0 spiro atoms. The number of rotatable bonds is 4. The Morgan fingerprint density at radius 2 is 2.33 bits per heavy atom. The molecule has 0 aliphatic heterocycles. The molecule has 0 saturated heterocycles. The highest BCUT2D eigenvalue weighted by Gasteiger charge is 2.00. The Hall–Kier alpha value is -0.680. The van der Waals surface area contributed by atoms with E-state index in [1.54, 1.807) is 13.3 Å². The zero-order valence-corrected chi connectivity index (χ0v) is 8.24. The molecule has 0 aliphatic rings. The van der Waals surface area contributed by atoms with Gasteiger partial charge >= 0.3 is 0 Å². The molecule has 12 heavy (non-hydrogen) atoms. The average Bonchev–Trinajstić information content (AvgIpc) is 2.09. The summed E-state index contributed by atoms with van der Waals surface area (Å²) in [4.78, 5) is 7.72. The smallest absolute Gasteiger partial charge is 0.231 e. The van der Waals surface area contributed by atoms with E-state index in [1.807, 2.05) is 0 Å². The molecule has 66 valence electrons. The lowest BCUT2D eigenvalue weighted by molar-refractivity contribution is 0.143. The van der Waals surface area contributed by atoms with Crippen LogP contribution in [0.25, 0.3) is 0 Å². The normalized spacial score (nSPS) is 9.83. The molecule has 0 amide bonds. The van der Waals surface area contributed by atoms with Gasteiger partial charge in [0.1, 0.15) is 12.9 Å². The van der Waals surface area contributed by atoms with Crippen molar-refractivity contribution in [2.24, 2.45) is 0 Å². The van der Waals surface area contributed by atoms with Crippen LogP contribution < -0.4 is 4.74 Å². The molecule has 0 saturated carbocycles. The van der Waals surface area contributed by atoms with Crippen LogP contribution in [0.5, 0.6) is 5.88 Å². The summed E-state index contributed by atoms with van der Waals surface area (Å²) < 4.78 is 10.8. The number of methoxy groups -OCH3 is 1. The monoisotopic (exact) mass is 232 g/mol. The van der Waals surface area contributed by atoms with E-state index in [-0.39, 0.29) is 0 Å². The highest BCUT2D eigenvalue weighted by molar-refractivity contribution is 9.10. The van der Waals surface area contributed by atoms with Crippen LogP contribution in [0.2, 0.25) is 0 Å². The Labute approximate surface area is 79.1 Å². The minimum atomic E-state index is 0.492. The standard InChI is InChI=1S/C7H9BrN2O2/c1-11-2-3-12-7-6(8)4-9-5-10-7/h4-5H,2-3H2,1H3. The van der Waals surface area contributed by atoms with Gasteiger partial charge in [0.05, 0.1) is 11.1 Å². The molecule has 0 N–H and O–H groups in total. The van der Waals surface area contributed by atoms with Crippen molar-refractivity contribution in [3.8, 4) is 5.88 Å². The van der Waals surface area contributed by atoms with Crippen molar-refractivity contribution in [2.75, 3.05) is 20.3 Å². The minimum Gasteiger partial charge on any atom is -0.474 e. The van der Waals surface area contributed by atoms with E-state index in [2.05, 4.69) is 25.9 Å². The van der Waals surface area contributed by atoms with Crippen molar-refractivity contribution in [2.45, 2.75) is 0 Å². The molecular weight excluding hydrogens is 224 g/mol. The van der Waals surface area contributed by atoms with Crippen LogP contribution in [-0.2, 0) is 4.74 Å². The van der Waals surface area contributed by atoms with Crippen molar-refractivity contribution in [3.05, 3.63) is 17.0 Å². The maximum Gasteiger partial charge on any atom is 0.231 e. The minimum absolute atomic E-state index is 0.492. The third-order valence-corrected chi connectivity index (χ3v) is 1.70. The van der Waals surface area contributed by atoms with E-state index in [0.717, 1.165) is 4.47 Å². The molecule has 0 unspecified atom stereocenters. The first-order chi connectivity index (χ1) is 5.84. The zero-order valence-electron chi connectivity index (χ0n) is 6.66. The Balaban J connectivity index is 2.46. The lowest BCUT2D eigenvalue weighted by Gasteiger charge is -2.04. The van der Waals surface area contributed by atoms with Crippen LogP contribution >= 0.6 is 15.9 Å². The molecule has 4 nitrogen and oxygen atoms in total. The Bertz CT molecular complexity index is 245. The van der Waals surface area contributed by atoms with Gasteiger partial charge in [-0.05, 0) is 15.9 Å². The summed E-state index contributed by atoms with van der Waals surface area (Å²) in [6.45, 7) is 1.04. The van der Waals surface area contributed by atoms with Gasteiger partial charge in [-0.1, -0.05) is 0 Å². The Morgan fingerprint density at radius 1 is 1.50 bits per heavy atom. The molecule has 0 radical (unpaired) electrons. The Kier molecular flexibility index (Phi) is 3.96. The van der Waals surface area contributed by atoms with Gasteiger partial charge in [0.15, 0.2) is 0 Å². The number of halogens is 1. The lowest BCUT2D eigenvalue weighted by Crippen LogP contribution is -2.05. The number of ether oxygens (including phenoxy) is 2. The van der Waals surface area contributed by atoms with Crippen LogP contribution in [0.15, 0.2) is 17.0 Å². The summed E-state index contributed by atoms with van der Waals surface area (Å²) in [5, 5.41) is 0. The number of hydrogen-bond acceptors (Lipinski definition) is 4. The van der Waals surface area contributed by atoms with Gasteiger partial charge in [-0.3, -0.25) is 0 Å². The third-order valence-electron chi connectivity index (χ3n) is 1.16. The summed E-state index contributed by atoms with van der Waals surface area (Å²) in [5.74, 6) is 0.544. The summed E-state index contributed by atoms with van der Waals surface area (Å²) in [6.07, 6.45) is 3.07. The molecule has 0 aromatic carbocycles. The molecule has 0 fully saturated rings. The molecular formula is C7H9BrN2O2. The van der Waals surface area contributed by atoms with Crippen LogP contribution in [0.4, 0.5) is 0 Å². The van der Waals surface area contributed by atoms with E-state index >= 15 is 0 Å². The highest BCUT2D eigenvalue weighted by atomic mass is 79.9. The van der Waals surface area contributed by atoms with Crippen LogP contribution in [0, 0.1) is 0 Å². The average molecular weight is 233 g/mol. The van der Waals surface area contributed by atoms with E-state index in [0.29, 0.717) is 19.1 Å². The summed E-state index contributed by atoms with van der Waals surface area (Å²) in [6, 6.07) is 0. The van der Waals surface area contributed by atoms with Gasteiger partial charge in [-0.25, -0.2) is 9.97 Å². The van der Waals surface area contributed by atoms with Gasteiger partial charge in [0.25, 0.3) is 0 Å². The molecule has 1 aromatic heterocycles. The van der Waals surface area contributed by atoms with E-state index in [1.165, 1.54) is 6.33 Å². The molecule has 1 aromatic rings. The number of aromatic nitrogens is 2. The molecule has 5 heteroatoms. The quantitative estimate of drug-likeness (QED) is 0.734. The van der Waals surface area contributed by atoms with Crippen molar-refractivity contribution < 1.29 is 9.47 Å². The number of hydrogen-bond donors (Lipinski definition) is 0. The second-order valence-electron chi connectivity index (χ2n) is 2.02. The SMILES string of the molecule is COCCOc1ncncc1Br. The summed E-state index contributed by atoms with van der Waals surface area (Å²) in [5.41, 5.74) is 0. The maximum absolute atomic E-state index is 5.25. The van der Waals surface area contributed by atoms with Gasteiger partial charge in [0, 0.05) is 13.3 Å². The van der Waals surface area contributed by atoms with Gasteiger partial charge in [-0.2, -0.15) is 0 Å². The molecule has 0 bridgehead atoms. The Morgan fingerprint density at radius 3 is 3.00 bits per heavy atom. The molecule has 0 aliphatic carbocycles. The van der Waals surface area contributed by atoms with Gasteiger partial charge in [0.2, 0.25) is 5.88 Å². The fourth-order valence-corrected chi connectivity index (χ4v) is 0.964. The van der Waals surface area contributed by atoms with Crippen molar-refractivity contribution in [1.29, 1.82) is 0 Å². The molecule has 1 rings (SSSR count). The first-order valence-electron chi connectivity index (χ1n) is 3.42. The van der Waals surface area contributed by atoms with E-state index in [9.17, 15) is 0 Å². The second-order valence-corrected chi connectivity index (χ2v) is 2.87. The predicted octanol–water partition coefficient (Wildman–Crippen LogP) is 1.26. The first-order valence-corrected chi connectivity index (χ1v) is 4.21. The van der Waals surface area contributed by atoms with Crippen molar-refractivity contribution >= 4 is 15.9 Å². The largest absolute Gasteiger partial charge is 0.474 e. The summed E-state index contributed by atoms with van der Waals surface area (Å²) >= 11 is 3.26. The predicted molar refractivity (Wildman–Crippen MR) is 47.1 cm³/mol. The zero-order chi connectivity index (χ0) is 8.81. The molecule has 0 atom stereocenters. The number of nitrogens with zero attached hydrogens (tertiary/aromatic N) is 2. The van der Waals surface area contributed by atoms with Crippen LogP contribution in [-0.4, -0.2) is 30.3 Å². The van der Waals surface area contributed by atoms with Gasteiger partial charge < -0.3 is 9.47 Å². The topological polar surface area (TPSA) is 44.2 Å². The maximum atomic E-state index is 5.25. The van der Waals surface area contributed by atoms with Crippen LogP contribution in [0.1, 0.15) is 0 Å². The van der Waals surface area contributed by atoms with Crippen molar-refractivity contribution in [1.82, 2.24) is 9.97 Å². The second kappa shape index (κ2) is 5.05. The molecule has 1 heterocycles. The summed E-state index contributed by atoms with van der Waals surface area (Å²) in [7, 11) is 1.62. The van der Waals surface area contributed by atoms with Crippen molar-refractivity contribution in [3.63, 3.8) is 0 Å². The fourth-order valence-electron chi connectivity index (χ4n) is 0.629. The third kappa shape index (κ3) is 2.75. The lowest BCUT2D eigenvalue weighted by atomic mass is 10.6. The highest BCUT2D eigenvalue weighted by Crippen LogP contribution is 2.19. The van der Waals surface area contributed by atoms with E-state index < -0.39 is 0 Å². The van der Waals surface area contributed by atoms with E-state index in [4.69, 9.17) is 9.47 Å². The first kappa shape index (κ1) is 9.41.